The molecule has 0 aliphatic rings. The highest BCUT2D eigenvalue weighted by molar-refractivity contribution is 5.76. The molecule has 5 heteroatoms. The Bertz CT molecular complexity index is 385. The predicted octanol–water partition coefficient (Wildman–Crippen LogP) is 1.37. The largest absolute Gasteiger partial charge is 0.380 e. The number of carbonyl (C=O) groups is 1. The van der Waals surface area contributed by atoms with E-state index in [-0.39, 0.29) is 24.2 Å². The molecular formula is C13H19FN2O2. The summed E-state index contributed by atoms with van der Waals surface area (Å²) in [6.07, 6.45) is 0.277. The van der Waals surface area contributed by atoms with Gasteiger partial charge in [0.15, 0.2) is 0 Å². The van der Waals surface area contributed by atoms with Crippen molar-refractivity contribution in [3.63, 3.8) is 0 Å². The summed E-state index contributed by atoms with van der Waals surface area (Å²) in [6.45, 7) is 3.06. The van der Waals surface area contributed by atoms with Crippen LogP contribution in [0.5, 0.6) is 0 Å². The highest BCUT2D eigenvalue weighted by Crippen LogP contribution is 2.13. The van der Waals surface area contributed by atoms with E-state index in [1.165, 1.54) is 12.1 Å². The molecule has 3 N–H and O–H groups in total. The van der Waals surface area contributed by atoms with Crippen molar-refractivity contribution in [2.45, 2.75) is 19.4 Å². The third-order valence-corrected chi connectivity index (χ3v) is 2.46. The number of benzene rings is 1. The average Bonchev–Trinajstić information content (AvgIpc) is 2.34. The van der Waals surface area contributed by atoms with Crippen molar-refractivity contribution in [2.24, 2.45) is 5.73 Å². The third-order valence-electron chi connectivity index (χ3n) is 2.46. The van der Waals surface area contributed by atoms with Crippen LogP contribution in [0.25, 0.3) is 0 Å². The van der Waals surface area contributed by atoms with E-state index in [4.69, 9.17) is 10.5 Å². The fourth-order valence-corrected chi connectivity index (χ4v) is 1.52. The van der Waals surface area contributed by atoms with Gasteiger partial charge in [0.2, 0.25) is 5.91 Å². The van der Waals surface area contributed by atoms with Crippen molar-refractivity contribution in [1.82, 2.24) is 5.32 Å². The summed E-state index contributed by atoms with van der Waals surface area (Å²) in [5.41, 5.74) is 6.00. The fraction of sp³-hybridized carbons (Fsp3) is 0.462. The molecule has 100 valence electrons. The van der Waals surface area contributed by atoms with E-state index in [1.807, 2.05) is 6.92 Å². The molecule has 0 unspecified atom stereocenters. The molecule has 1 amide bonds. The van der Waals surface area contributed by atoms with E-state index in [2.05, 4.69) is 5.32 Å². The van der Waals surface area contributed by atoms with Crippen LogP contribution < -0.4 is 11.1 Å². The van der Waals surface area contributed by atoms with Crippen LogP contribution in [0.2, 0.25) is 0 Å². The van der Waals surface area contributed by atoms with Gasteiger partial charge in [-0.05, 0) is 24.6 Å². The number of ether oxygens (including phenoxy) is 1. The van der Waals surface area contributed by atoms with Gasteiger partial charge in [0.1, 0.15) is 5.82 Å². The molecule has 0 radical (unpaired) electrons. The van der Waals surface area contributed by atoms with E-state index < -0.39 is 0 Å². The summed E-state index contributed by atoms with van der Waals surface area (Å²) in [6, 6.07) is 5.97. The fourth-order valence-electron chi connectivity index (χ4n) is 1.52. The van der Waals surface area contributed by atoms with Crippen molar-refractivity contribution in [3.05, 3.63) is 35.6 Å². The summed E-state index contributed by atoms with van der Waals surface area (Å²) in [4.78, 5) is 11.6. The standard InChI is InChI=1S/C13H19FN2O2/c1-10(11-3-2-4-12(14)9-11)16-13(17)5-7-18-8-6-15/h2-4,9-10H,5-8,15H2,1H3,(H,16,17)/t10-/m1/s1. The van der Waals surface area contributed by atoms with E-state index >= 15 is 0 Å². The lowest BCUT2D eigenvalue weighted by Gasteiger charge is -2.14. The van der Waals surface area contributed by atoms with Crippen LogP contribution in [0.15, 0.2) is 24.3 Å². The third kappa shape index (κ3) is 5.25. The molecule has 0 saturated heterocycles. The van der Waals surface area contributed by atoms with Crippen LogP contribution in [-0.4, -0.2) is 25.7 Å². The molecule has 4 nitrogen and oxygen atoms in total. The van der Waals surface area contributed by atoms with E-state index in [1.54, 1.807) is 12.1 Å². The molecule has 0 aliphatic carbocycles. The van der Waals surface area contributed by atoms with E-state index in [0.717, 1.165) is 5.56 Å². The van der Waals surface area contributed by atoms with Gasteiger partial charge in [0.25, 0.3) is 0 Å². The zero-order valence-electron chi connectivity index (χ0n) is 10.5. The zero-order valence-corrected chi connectivity index (χ0v) is 10.5. The average molecular weight is 254 g/mol. The van der Waals surface area contributed by atoms with Gasteiger partial charge in [0.05, 0.1) is 19.3 Å². The maximum atomic E-state index is 13.0. The Kier molecular flexibility index (Phi) is 6.32. The zero-order chi connectivity index (χ0) is 13.4. The maximum absolute atomic E-state index is 13.0. The molecule has 0 spiro atoms. The molecule has 0 aromatic heterocycles. The van der Waals surface area contributed by atoms with Gasteiger partial charge >= 0.3 is 0 Å². The van der Waals surface area contributed by atoms with Gasteiger partial charge < -0.3 is 15.8 Å². The van der Waals surface area contributed by atoms with E-state index in [9.17, 15) is 9.18 Å². The van der Waals surface area contributed by atoms with E-state index in [0.29, 0.717) is 19.8 Å². The first-order valence-electron chi connectivity index (χ1n) is 5.96. The minimum Gasteiger partial charge on any atom is -0.380 e. The Morgan fingerprint density at radius 1 is 1.50 bits per heavy atom. The molecule has 0 bridgehead atoms. The summed E-state index contributed by atoms with van der Waals surface area (Å²) < 4.78 is 18.1. The quantitative estimate of drug-likeness (QED) is 0.722. The Balaban J connectivity index is 2.35. The molecular weight excluding hydrogens is 235 g/mol. The Hall–Kier alpha value is -1.46. The van der Waals surface area contributed by atoms with Gasteiger partial charge in [0, 0.05) is 13.0 Å². The lowest BCUT2D eigenvalue weighted by atomic mass is 10.1. The molecule has 1 rings (SSSR count). The maximum Gasteiger partial charge on any atom is 0.222 e. The number of amides is 1. The van der Waals surface area contributed by atoms with Crippen molar-refractivity contribution in [1.29, 1.82) is 0 Å². The minimum atomic E-state index is -0.306. The van der Waals surface area contributed by atoms with Crippen LogP contribution in [-0.2, 0) is 9.53 Å². The van der Waals surface area contributed by atoms with Crippen molar-refractivity contribution in [2.75, 3.05) is 19.8 Å². The summed E-state index contributed by atoms with van der Waals surface area (Å²) in [5.74, 6) is -0.427. The second-order valence-corrected chi connectivity index (χ2v) is 4.00. The number of nitrogens with two attached hydrogens (primary N) is 1. The number of rotatable bonds is 7. The number of hydrogen-bond acceptors (Lipinski definition) is 3. The Labute approximate surface area is 106 Å². The van der Waals surface area contributed by atoms with Crippen LogP contribution in [0.4, 0.5) is 4.39 Å². The summed E-state index contributed by atoms with van der Waals surface area (Å²) in [7, 11) is 0. The normalized spacial score (nSPS) is 12.2. The number of carbonyl (C=O) groups excluding carboxylic acids is 1. The lowest BCUT2D eigenvalue weighted by molar-refractivity contribution is -0.122. The second kappa shape index (κ2) is 7.79. The topological polar surface area (TPSA) is 64.3 Å². The molecule has 1 atom stereocenters. The number of hydrogen-bond donors (Lipinski definition) is 2. The van der Waals surface area contributed by atoms with Gasteiger partial charge in [-0.15, -0.1) is 0 Å². The van der Waals surface area contributed by atoms with Crippen molar-refractivity contribution in [3.8, 4) is 0 Å². The van der Waals surface area contributed by atoms with Crippen LogP contribution >= 0.6 is 0 Å². The van der Waals surface area contributed by atoms with Crippen LogP contribution in [0.1, 0.15) is 24.9 Å². The highest BCUT2D eigenvalue weighted by Gasteiger charge is 2.09. The Morgan fingerprint density at radius 3 is 2.94 bits per heavy atom. The molecule has 0 heterocycles. The first-order chi connectivity index (χ1) is 8.63. The van der Waals surface area contributed by atoms with Crippen molar-refractivity contribution >= 4 is 5.91 Å². The first kappa shape index (κ1) is 14.6. The van der Waals surface area contributed by atoms with Gasteiger partial charge in [-0.3, -0.25) is 4.79 Å². The highest BCUT2D eigenvalue weighted by atomic mass is 19.1. The van der Waals surface area contributed by atoms with Gasteiger partial charge in [-0.1, -0.05) is 12.1 Å². The first-order valence-corrected chi connectivity index (χ1v) is 5.96. The smallest absolute Gasteiger partial charge is 0.222 e. The minimum absolute atomic E-state index is 0.121. The van der Waals surface area contributed by atoms with Crippen molar-refractivity contribution < 1.29 is 13.9 Å². The van der Waals surface area contributed by atoms with Gasteiger partial charge in [-0.2, -0.15) is 0 Å². The number of halogens is 1. The molecule has 0 saturated carbocycles. The molecule has 0 fully saturated rings. The molecule has 1 aromatic carbocycles. The number of nitrogens with one attached hydrogen (secondary N) is 1. The van der Waals surface area contributed by atoms with Gasteiger partial charge in [-0.25, -0.2) is 4.39 Å². The lowest BCUT2D eigenvalue weighted by Crippen LogP contribution is -2.27. The van der Waals surface area contributed by atoms with Crippen LogP contribution in [0.3, 0.4) is 0 Å². The SMILES string of the molecule is C[C@@H](NC(=O)CCOCCN)c1cccc(F)c1. The molecule has 1 aromatic rings. The Morgan fingerprint density at radius 2 is 2.28 bits per heavy atom. The molecule has 0 aliphatic heterocycles. The van der Waals surface area contributed by atoms with Crippen LogP contribution in [0, 0.1) is 5.82 Å². The summed E-state index contributed by atoms with van der Waals surface area (Å²) >= 11 is 0. The second-order valence-electron chi connectivity index (χ2n) is 4.00. The molecule has 18 heavy (non-hydrogen) atoms. The predicted molar refractivity (Wildman–Crippen MR) is 67.4 cm³/mol. The monoisotopic (exact) mass is 254 g/mol. The summed E-state index contributed by atoms with van der Waals surface area (Å²) in [5, 5.41) is 2.78.